The standard InChI is InChI=1S/C17H25NO4/c1-12(2)11-22-15-7-5-14(9-16(15)21-4)6-8-17(20)18-13(3)10-19/h5-9,12-13,19H,10-11H2,1-4H3,(H,18,20)/b8-6+. The van der Waals surface area contributed by atoms with Crippen LogP contribution in [0.3, 0.4) is 0 Å². The Bertz CT molecular complexity index is 511. The predicted octanol–water partition coefficient (Wildman–Crippen LogP) is 2.24. The molecule has 0 aliphatic rings. The van der Waals surface area contributed by atoms with Crippen LogP contribution in [-0.2, 0) is 4.79 Å². The molecule has 1 atom stereocenters. The highest BCUT2D eigenvalue weighted by atomic mass is 16.5. The molecule has 22 heavy (non-hydrogen) atoms. The summed E-state index contributed by atoms with van der Waals surface area (Å²) < 4.78 is 11.0. The number of aliphatic hydroxyl groups is 1. The predicted molar refractivity (Wildman–Crippen MR) is 87.1 cm³/mol. The summed E-state index contributed by atoms with van der Waals surface area (Å²) in [6.45, 7) is 6.42. The number of benzene rings is 1. The molecule has 1 aromatic carbocycles. The Morgan fingerprint density at radius 2 is 2.05 bits per heavy atom. The second-order valence-electron chi connectivity index (χ2n) is 5.54. The minimum atomic E-state index is -0.265. The van der Waals surface area contributed by atoms with E-state index in [2.05, 4.69) is 19.2 Å². The molecule has 1 aromatic rings. The molecule has 0 heterocycles. The summed E-state index contributed by atoms with van der Waals surface area (Å²) >= 11 is 0. The van der Waals surface area contributed by atoms with Gasteiger partial charge in [-0.15, -0.1) is 0 Å². The van der Waals surface area contributed by atoms with Crippen LogP contribution >= 0.6 is 0 Å². The van der Waals surface area contributed by atoms with Gasteiger partial charge in [0.1, 0.15) is 0 Å². The first kappa shape index (κ1) is 18.0. The fourth-order valence-corrected chi connectivity index (χ4v) is 1.67. The van der Waals surface area contributed by atoms with Crippen molar-refractivity contribution in [2.75, 3.05) is 20.3 Å². The Hall–Kier alpha value is -2.01. The number of methoxy groups -OCH3 is 1. The zero-order valence-electron chi connectivity index (χ0n) is 13.6. The molecule has 5 nitrogen and oxygen atoms in total. The number of rotatable bonds is 8. The van der Waals surface area contributed by atoms with E-state index < -0.39 is 0 Å². The zero-order chi connectivity index (χ0) is 16.5. The summed E-state index contributed by atoms with van der Waals surface area (Å²) in [4.78, 5) is 11.6. The lowest BCUT2D eigenvalue weighted by molar-refractivity contribution is -0.117. The number of nitrogens with one attached hydrogen (secondary N) is 1. The van der Waals surface area contributed by atoms with Crippen molar-refractivity contribution in [3.8, 4) is 11.5 Å². The Labute approximate surface area is 131 Å². The Kier molecular flexibility index (Phi) is 7.46. The average Bonchev–Trinajstić information content (AvgIpc) is 2.50. The number of hydrogen-bond donors (Lipinski definition) is 2. The van der Waals surface area contributed by atoms with Crippen molar-refractivity contribution in [2.45, 2.75) is 26.8 Å². The number of carbonyl (C=O) groups is 1. The summed E-state index contributed by atoms with van der Waals surface area (Å²) in [5.74, 6) is 1.50. The summed E-state index contributed by atoms with van der Waals surface area (Å²) in [6, 6.07) is 5.24. The van der Waals surface area contributed by atoms with Gasteiger partial charge in [0.2, 0.25) is 5.91 Å². The van der Waals surface area contributed by atoms with Crippen LogP contribution in [0.4, 0.5) is 0 Å². The lowest BCUT2D eigenvalue weighted by atomic mass is 10.2. The molecule has 5 heteroatoms. The smallest absolute Gasteiger partial charge is 0.244 e. The van der Waals surface area contributed by atoms with Crippen LogP contribution in [0.1, 0.15) is 26.3 Å². The van der Waals surface area contributed by atoms with Crippen LogP contribution < -0.4 is 14.8 Å². The van der Waals surface area contributed by atoms with Crippen LogP contribution in [0.25, 0.3) is 6.08 Å². The van der Waals surface area contributed by atoms with Gasteiger partial charge in [0.25, 0.3) is 0 Å². The van der Waals surface area contributed by atoms with E-state index in [0.29, 0.717) is 24.0 Å². The highest BCUT2D eigenvalue weighted by molar-refractivity contribution is 5.92. The summed E-state index contributed by atoms with van der Waals surface area (Å²) in [6.07, 6.45) is 3.11. The van der Waals surface area contributed by atoms with E-state index in [9.17, 15) is 4.79 Å². The molecule has 0 saturated heterocycles. The number of ether oxygens (including phenoxy) is 2. The molecule has 0 aromatic heterocycles. The van der Waals surface area contributed by atoms with Crippen LogP contribution in [0.5, 0.6) is 11.5 Å². The third-order valence-electron chi connectivity index (χ3n) is 2.85. The molecular weight excluding hydrogens is 282 g/mol. The van der Waals surface area contributed by atoms with E-state index in [1.807, 2.05) is 18.2 Å². The molecule has 0 radical (unpaired) electrons. The second-order valence-corrected chi connectivity index (χ2v) is 5.54. The van der Waals surface area contributed by atoms with Gasteiger partial charge in [-0.3, -0.25) is 4.79 Å². The van der Waals surface area contributed by atoms with E-state index in [1.54, 1.807) is 20.1 Å². The lowest BCUT2D eigenvalue weighted by Gasteiger charge is -2.13. The maximum Gasteiger partial charge on any atom is 0.244 e. The Morgan fingerprint density at radius 1 is 1.32 bits per heavy atom. The van der Waals surface area contributed by atoms with E-state index in [0.717, 1.165) is 5.56 Å². The fourth-order valence-electron chi connectivity index (χ4n) is 1.67. The van der Waals surface area contributed by atoms with Gasteiger partial charge < -0.3 is 19.9 Å². The van der Waals surface area contributed by atoms with Crippen molar-refractivity contribution >= 4 is 12.0 Å². The molecule has 1 rings (SSSR count). The molecule has 0 spiro atoms. The SMILES string of the molecule is COc1cc(/C=C/C(=O)NC(C)CO)ccc1OCC(C)C. The maximum absolute atomic E-state index is 11.6. The van der Waals surface area contributed by atoms with Crippen LogP contribution in [-0.4, -0.2) is 37.4 Å². The zero-order valence-corrected chi connectivity index (χ0v) is 13.6. The van der Waals surface area contributed by atoms with Gasteiger partial charge in [-0.2, -0.15) is 0 Å². The molecule has 0 bridgehead atoms. The summed E-state index contributed by atoms with van der Waals surface area (Å²) in [5.41, 5.74) is 0.834. The van der Waals surface area contributed by atoms with Crippen LogP contribution in [0.15, 0.2) is 24.3 Å². The minimum absolute atomic E-state index is 0.0880. The summed E-state index contributed by atoms with van der Waals surface area (Å²) in [7, 11) is 1.58. The molecule has 1 unspecified atom stereocenters. The largest absolute Gasteiger partial charge is 0.493 e. The third kappa shape index (κ3) is 6.18. The van der Waals surface area contributed by atoms with Gasteiger partial charge >= 0.3 is 0 Å². The van der Waals surface area contributed by atoms with Crippen molar-refractivity contribution in [2.24, 2.45) is 5.92 Å². The first-order valence-corrected chi connectivity index (χ1v) is 7.36. The first-order chi connectivity index (χ1) is 10.5. The van der Waals surface area contributed by atoms with Crippen LogP contribution in [0, 0.1) is 5.92 Å². The van der Waals surface area contributed by atoms with Crippen molar-refractivity contribution in [1.82, 2.24) is 5.32 Å². The fraction of sp³-hybridized carbons (Fsp3) is 0.471. The number of carbonyl (C=O) groups excluding carboxylic acids is 1. The molecule has 2 N–H and O–H groups in total. The third-order valence-corrected chi connectivity index (χ3v) is 2.85. The molecule has 1 amide bonds. The lowest BCUT2D eigenvalue weighted by Crippen LogP contribution is -2.33. The topological polar surface area (TPSA) is 67.8 Å². The van der Waals surface area contributed by atoms with Crippen LogP contribution in [0.2, 0.25) is 0 Å². The quantitative estimate of drug-likeness (QED) is 0.723. The molecule has 0 aliphatic carbocycles. The molecular formula is C17H25NO4. The Balaban J connectivity index is 2.74. The van der Waals surface area contributed by atoms with Gasteiger partial charge in [0, 0.05) is 12.1 Å². The maximum atomic E-state index is 11.6. The highest BCUT2D eigenvalue weighted by Gasteiger charge is 2.06. The monoisotopic (exact) mass is 307 g/mol. The molecule has 0 aliphatic heterocycles. The van der Waals surface area contributed by atoms with E-state index >= 15 is 0 Å². The number of hydrogen-bond acceptors (Lipinski definition) is 4. The minimum Gasteiger partial charge on any atom is -0.493 e. The van der Waals surface area contributed by atoms with Gasteiger partial charge in [-0.25, -0.2) is 0 Å². The molecule has 0 saturated carbocycles. The van der Waals surface area contributed by atoms with E-state index in [1.165, 1.54) is 6.08 Å². The first-order valence-electron chi connectivity index (χ1n) is 7.36. The van der Waals surface area contributed by atoms with Gasteiger partial charge in [0.15, 0.2) is 11.5 Å². The van der Waals surface area contributed by atoms with Gasteiger partial charge in [-0.05, 0) is 36.6 Å². The number of aliphatic hydroxyl groups excluding tert-OH is 1. The van der Waals surface area contributed by atoms with Gasteiger partial charge in [0.05, 0.1) is 20.3 Å². The molecule has 0 fully saturated rings. The second kappa shape index (κ2) is 9.10. The average molecular weight is 307 g/mol. The van der Waals surface area contributed by atoms with Gasteiger partial charge in [-0.1, -0.05) is 19.9 Å². The van der Waals surface area contributed by atoms with Crippen molar-refractivity contribution in [3.05, 3.63) is 29.8 Å². The molecule has 122 valence electrons. The number of amides is 1. The Morgan fingerprint density at radius 3 is 2.64 bits per heavy atom. The summed E-state index contributed by atoms with van der Waals surface area (Å²) in [5, 5.41) is 11.5. The van der Waals surface area contributed by atoms with Crippen molar-refractivity contribution in [1.29, 1.82) is 0 Å². The normalized spacial score (nSPS) is 12.5. The van der Waals surface area contributed by atoms with E-state index in [4.69, 9.17) is 14.6 Å². The highest BCUT2D eigenvalue weighted by Crippen LogP contribution is 2.28. The van der Waals surface area contributed by atoms with Crippen molar-refractivity contribution in [3.63, 3.8) is 0 Å². The van der Waals surface area contributed by atoms with E-state index in [-0.39, 0.29) is 18.6 Å². The van der Waals surface area contributed by atoms with Crippen molar-refractivity contribution < 1.29 is 19.4 Å².